The molecule has 1 atom stereocenters. The van der Waals surface area contributed by atoms with E-state index in [1.807, 2.05) is 45.0 Å². The maximum absolute atomic E-state index is 10.4. The Kier molecular flexibility index (Phi) is 9.21. The van der Waals surface area contributed by atoms with Crippen LogP contribution in [-0.2, 0) is 4.79 Å². The minimum Gasteiger partial charge on any atom is -0.303 e. The maximum Gasteiger partial charge on any atom is 0.127 e. The first kappa shape index (κ1) is 15.4. The second-order valence-corrected chi connectivity index (χ2v) is 4.45. The van der Waals surface area contributed by atoms with Crippen LogP contribution < -0.4 is 0 Å². The Bertz CT molecular complexity index is 275. The Labute approximate surface area is 107 Å². The van der Waals surface area contributed by atoms with E-state index in [-0.39, 0.29) is 5.92 Å². The number of benzene rings is 1. The fourth-order valence-corrected chi connectivity index (χ4v) is 1.11. The molecule has 1 aliphatic carbocycles. The van der Waals surface area contributed by atoms with E-state index >= 15 is 0 Å². The van der Waals surface area contributed by atoms with Crippen molar-refractivity contribution in [2.75, 3.05) is 0 Å². The van der Waals surface area contributed by atoms with Crippen LogP contribution in [0.5, 0.6) is 0 Å². The highest BCUT2D eigenvalue weighted by molar-refractivity contribution is 9.10. The van der Waals surface area contributed by atoms with Gasteiger partial charge >= 0.3 is 0 Å². The molecule has 1 aliphatic rings. The molecule has 0 aliphatic heterocycles. The molecule has 0 amide bonds. The van der Waals surface area contributed by atoms with Crippen molar-refractivity contribution in [2.45, 2.75) is 46.0 Å². The Morgan fingerprint density at radius 3 is 1.88 bits per heavy atom. The van der Waals surface area contributed by atoms with E-state index in [1.54, 1.807) is 0 Å². The minimum absolute atomic E-state index is 0.00287. The van der Waals surface area contributed by atoms with E-state index in [0.29, 0.717) is 0 Å². The van der Waals surface area contributed by atoms with Crippen LogP contribution >= 0.6 is 15.9 Å². The van der Waals surface area contributed by atoms with Gasteiger partial charge in [-0.05, 0) is 17.7 Å². The number of carbonyl (C=O) groups is 1. The van der Waals surface area contributed by atoms with Gasteiger partial charge in [0.05, 0.1) is 0 Å². The second kappa shape index (κ2) is 9.59. The number of aldehydes is 1. The molecule has 1 unspecified atom stereocenters. The molecule has 0 saturated heterocycles. The third kappa shape index (κ3) is 7.63. The molecule has 2 rings (SSSR count). The van der Waals surface area contributed by atoms with Gasteiger partial charge < -0.3 is 4.79 Å². The van der Waals surface area contributed by atoms with Crippen LogP contribution in [-0.4, -0.2) is 6.29 Å². The number of carbonyl (C=O) groups excluding carboxylic acids is 1. The number of hydrogen-bond donors (Lipinski definition) is 0. The highest BCUT2D eigenvalue weighted by Crippen LogP contribution is 2.16. The van der Waals surface area contributed by atoms with Gasteiger partial charge in [-0.25, -0.2) is 0 Å². The third-order valence-corrected chi connectivity index (χ3v) is 2.48. The maximum atomic E-state index is 10.4. The Balaban J connectivity index is 0.000000375. The van der Waals surface area contributed by atoms with E-state index < -0.39 is 0 Å². The summed E-state index contributed by atoms with van der Waals surface area (Å²) in [5, 5.41) is 0. The zero-order valence-electron chi connectivity index (χ0n) is 10.4. The van der Waals surface area contributed by atoms with Crippen LogP contribution in [0.3, 0.4) is 0 Å². The second-order valence-electron chi connectivity index (χ2n) is 3.54. The van der Waals surface area contributed by atoms with Gasteiger partial charge in [-0.3, -0.25) is 0 Å². The summed E-state index contributed by atoms with van der Waals surface area (Å²) in [6, 6.07) is 7.77. The van der Waals surface area contributed by atoms with E-state index in [2.05, 4.69) is 15.9 Å². The monoisotopic (exact) mass is 284 g/mol. The molecule has 2 heteroatoms. The molecule has 1 fully saturated rings. The molecule has 1 aromatic rings. The molecule has 0 spiro atoms. The highest BCUT2D eigenvalue weighted by Gasteiger charge is 2.01. The molecule has 0 radical (unpaired) electrons. The highest BCUT2D eigenvalue weighted by atomic mass is 79.9. The van der Waals surface area contributed by atoms with Crippen molar-refractivity contribution in [1.29, 1.82) is 0 Å². The lowest BCUT2D eigenvalue weighted by atomic mass is 10.0. The molecular formula is C14H21BrO. The largest absolute Gasteiger partial charge is 0.303 e. The van der Waals surface area contributed by atoms with Gasteiger partial charge in [-0.1, -0.05) is 68.1 Å². The number of rotatable bonds is 2. The van der Waals surface area contributed by atoms with Crippen LogP contribution in [0.4, 0.5) is 0 Å². The summed E-state index contributed by atoms with van der Waals surface area (Å²) in [6.07, 6.45) is 5.45. The molecule has 90 valence electrons. The van der Waals surface area contributed by atoms with Gasteiger partial charge in [0.15, 0.2) is 0 Å². The molecule has 16 heavy (non-hydrogen) atoms. The SMILES string of the molecule is C1CC1.CC.CC(C=O)c1ccc(Br)cc1. The van der Waals surface area contributed by atoms with Crippen LogP contribution in [0, 0.1) is 0 Å². The van der Waals surface area contributed by atoms with Crippen LogP contribution in [0.1, 0.15) is 51.5 Å². The van der Waals surface area contributed by atoms with Gasteiger partial charge in [0.1, 0.15) is 6.29 Å². The first-order chi connectivity index (χ1) is 7.74. The molecule has 0 aromatic heterocycles. The van der Waals surface area contributed by atoms with Crippen molar-refractivity contribution in [3.05, 3.63) is 34.3 Å². The molecule has 0 bridgehead atoms. The van der Waals surface area contributed by atoms with Gasteiger partial charge in [0, 0.05) is 10.4 Å². The van der Waals surface area contributed by atoms with Gasteiger partial charge in [-0.15, -0.1) is 0 Å². The first-order valence-electron chi connectivity index (χ1n) is 5.95. The van der Waals surface area contributed by atoms with Crippen LogP contribution in [0.15, 0.2) is 28.7 Å². The van der Waals surface area contributed by atoms with E-state index in [1.165, 1.54) is 19.3 Å². The average Bonchev–Trinajstić information content (AvgIpc) is 3.19. The summed E-state index contributed by atoms with van der Waals surface area (Å²) >= 11 is 3.33. The van der Waals surface area contributed by atoms with Crippen LogP contribution in [0.2, 0.25) is 0 Å². The Morgan fingerprint density at radius 2 is 1.56 bits per heavy atom. The quantitative estimate of drug-likeness (QED) is 0.703. The smallest absolute Gasteiger partial charge is 0.127 e. The lowest BCUT2D eigenvalue weighted by Gasteiger charge is -2.02. The van der Waals surface area contributed by atoms with Crippen molar-refractivity contribution in [2.24, 2.45) is 0 Å². The van der Waals surface area contributed by atoms with Crippen molar-refractivity contribution in [1.82, 2.24) is 0 Å². The molecular weight excluding hydrogens is 264 g/mol. The number of hydrogen-bond acceptors (Lipinski definition) is 1. The summed E-state index contributed by atoms with van der Waals surface area (Å²) in [5.41, 5.74) is 1.06. The first-order valence-corrected chi connectivity index (χ1v) is 6.74. The molecule has 1 aromatic carbocycles. The van der Waals surface area contributed by atoms with E-state index in [9.17, 15) is 4.79 Å². The van der Waals surface area contributed by atoms with Crippen molar-refractivity contribution >= 4 is 22.2 Å². The fourth-order valence-electron chi connectivity index (χ4n) is 0.845. The number of halogens is 1. The fraction of sp³-hybridized carbons (Fsp3) is 0.500. The van der Waals surface area contributed by atoms with Crippen molar-refractivity contribution in [3.8, 4) is 0 Å². The summed E-state index contributed by atoms with van der Waals surface area (Å²) < 4.78 is 1.04. The third-order valence-electron chi connectivity index (χ3n) is 1.95. The summed E-state index contributed by atoms with van der Waals surface area (Å²) in [4.78, 5) is 10.4. The molecule has 0 heterocycles. The predicted octanol–water partition coefficient (Wildman–Crippen LogP) is 4.95. The van der Waals surface area contributed by atoms with Gasteiger partial charge in [0.25, 0.3) is 0 Å². The van der Waals surface area contributed by atoms with E-state index in [4.69, 9.17) is 0 Å². The zero-order valence-corrected chi connectivity index (χ0v) is 12.0. The standard InChI is InChI=1S/C9H9BrO.C3H6.C2H6/c1-7(6-11)8-2-4-9(10)5-3-8;1-2-3-1;1-2/h2-7H,1H3;1-3H2;1-2H3. The Morgan fingerprint density at radius 1 is 1.12 bits per heavy atom. The average molecular weight is 285 g/mol. The normalized spacial score (nSPS) is 13.5. The Hall–Kier alpha value is -0.630. The molecule has 1 saturated carbocycles. The zero-order chi connectivity index (χ0) is 12.4. The minimum atomic E-state index is 0.00287. The lowest BCUT2D eigenvalue weighted by Crippen LogP contribution is -1.92. The lowest BCUT2D eigenvalue weighted by molar-refractivity contribution is -0.108. The van der Waals surface area contributed by atoms with Crippen molar-refractivity contribution in [3.63, 3.8) is 0 Å². The van der Waals surface area contributed by atoms with Gasteiger partial charge in [-0.2, -0.15) is 0 Å². The molecule has 0 N–H and O–H groups in total. The topological polar surface area (TPSA) is 17.1 Å². The summed E-state index contributed by atoms with van der Waals surface area (Å²) in [7, 11) is 0. The molecule has 1 nitrogen and oxygen atoms in total. The van der Waals surface area contributed by atoms with Gasteiger partial charge in [0.2, 0.25) is 0 Å². The van der Waals surface area contributed by atoms with E-state index in [0.717, 1.165) is 16.3 Å². The predicted molar refractivity (Wildman–Crippen MR) is 73.8 cm³/mol. The summed E-state index contributed by atoms with van der Waals surface area (Å²) in [6.45, 7) is 5.89. The van der Waals surface area contributed by atoms with Crippen LogP contribution in [0.25, 0.3) is 0 Å². The summed E-state index contributed by atoms with van der Waals surface area (Å²) in [5.74, 6) is 0.00287. The van der Waals surface area contributed by atoms with Crippen molar-refractivity contribution < 1.29 is 4.79 Å².